The molecule has 2 aliphatic rings. The normalized spacial score (nSPS) is 16.6. The van der Waals surface area contributed by atoms with Gasteiger partial charge < -0.3 is 14.0 Å². The molecule has 0 radical (unpaired) electrons. The molecule has 0 N–H and O–H groups in total. The van der Waals surface area contributed by atoms with Crippen LogP contribution in [0.1, 0.15) is 63.8 Å². The highest BCUT2D eigenvalue weighted by molar-refractivity contribution is 5.95. The Balaban J connectivity index is 1.43. The summed E-state index contributed by atoms with van der Waals surface area (Å²) in [5.41, 5.74) is 4.50. The fraction of sp³-hybridized carbons (Fsp3) is 0.444. The highest BCUT2D eigenvalue weighted by Gasteiger charge is 2.50. The van der Waals surface area contributed by atoms with Gasteiger partial charge in [0.25, 0.3) is 0 Å². The van der Waals surface area contributed by atoms with E-state index in [0.717, 1.165) is 48.4 Å². The summed E-state index contributed by atoms with van der Waals surface area (Å²) in [6.07, 6.45) is 3.39. The lowest BCUT2D eigenvalue weighted by atomic mass is 9.87. The average molecular weight is 418 g/mol. The molecule has 0 spiro atoms. The molecule has 1 aliphatic carbocycles. The smallest absolute Gasteiger partial charge is 0.231 e. The third kappa shape index (κ3) is 3.42. The van der Waals surface area contributed by atoms with Crippen LogP contribution in [0.4, 0.5) is 0 Å². The molecule has 4 nitrogen and oxygen atoms in total. The van der Waals surface area contributed by atoms with E-state index in [9.17, 15) is 4.79 Å². The second-order valence-electron chi connectivity index (χ2n) is 10.1. The van der Waals surface area contributed by atoms with Gasteiger partial charge >= 0.3 is 0 Å². The first kappa shape index (κ1) is 20.2. The Morgan fingerprint density at radius 3 is 2.52 bits per heavy atom. The molecule has 0 saturated heterocycles. The van der Waals surface area contributed by atoms with Gasteiger partial charge in [-0.1, -0.05) is 39.8 Å². The predicted molar refractivity (Wildman–Crippen MR) is 123 cm³/mol. The van der Waals surface area contributed by atoms with Gasteiger partial charge in [-0.05, 0) is 60.7 Å². The Hall–Kier alpha value is -2.75. The van der Waals surface area contributed by atoms with E-state index in [1.165, 1.54) is 16.6 Å². The van der Waals surface area contributed by atoms with Crippen LogP contribution >= 0.6 is 0 Å². The zero-order valence-corrected chi connectivity index (χ0v) is 19.0. The highest BCUT2D eigenvalue weighted by atomic mass is 16.7. The number of hydrogen-bond acceptors (Lipinski definition) is 3. The molecule has 0 atom stereocenters. The van der Waals surface area contributed by atoms with E-state index < -0.39 is 0 Å². The van der Waals surface area contributed by atoms with E-state index in [4.69, 9.17) is 9.47 Å². The van der Waals surface area contributed by atoms with Crippen molar-refractivity contribution >= 4 is 16.7 Å². The molecule has 1 fully saturated rings. The largest absolute Gasteiger partial charge is 0.454 e. The second-order valence-corrected chi connectivity index (χ2v) is 10.1. The van der Waals surface area contributed by atoms with Crippen molar-refractivity contribution in [2.75, 3.05) is 6.79 Å². The third-order valence-corrected chi connectivity index (χ3v) is 6.75. The Labute approximate surface area is 184 Å². The number of nitrogens with zero attached hydrogens (tertiary/aromatic N) is 1. The van der Waals surface area contributed by atoms with E-state index in [-0.39, 0.29) is 17.6 Å². The van der Waals surface area contributed by atoms with Crippen molar-refractivity contribution in [3.63, 3.8) is 0 Å². The number of aromatic nitrogens is 1. The fourth-order valence-corrected chi connectivity index (χ4v) is 4.92. The summed E-state index contributed by atoms with van der Waals surface area (Å²) in [4.78, 5) is 13.4. The maximum absolute atomic E-state index is 13.4. The van der Waals surface area contributed by atoms with Crippen molar-refractivity contribution in [1.29, 1.82) is 0 Å². The molecule has 1 saturated carbocycles. The number of ketones is 1. The standard InChI is InChI=1S/C27H31NO3/c1-5-12-28-21-8-6-18(13-19(21)15-24(28)26(2,3)4)14-25(29)27(10-11-27)20-7-9-22-23(16-20)31-17-30-22/h6-9,13,15-16H,5,10-12,14,17H2,1-4H3. The van der Waals surface area contributed by atoms with Crippen molar-refractivity contribution in [1.82, 2.24) is 4.57 Å². The molecular formula is C27H31NO3. The Kier molecular flexibility index (Phi) is 4.65. The van der Waals surface area contributed by atoms with E-state index >= 15 is 0 Å². The predicted octanol–water partition coefficient (Wildman–Crippen LogP) is 5.92. The van der Waals surface area contributed by atoms with Crippen LogP contribution in [0.2, 0.25) is 0 Å². The first-order valence-corrected chi connectivity index (χ1v) is 11.4. The summed E-state index contributed by atoms with van der Waals surface area (Å²) in [6.45, 7) is 10.3. The fourth-order valence-electron chi connectivity index (χ4n) is 4.92. The topological polar surface area (TPSA) is 40.5 Å². The van der Waals surface area contributed by atoms with Crippen LogP contribution in [0.15, 0.2) is 42.5 Å². The number of ether oxygens (including phenoxy) is 2. The number of fused-ring (bicyclic) bond motifs is 2. The number of carbonyl (C=O) groups is 1. The molecule has 0 amide bonds. The lowest BCUT2D eigenvalue weighted by Gasteiger charge is -2.21. The van der Waals surface area contributed by atoms with Gasteiger partial charge in [-0.3, -0.25) is 4.79 Å². The molecule has 162 valence electrons. The van der Waals surface area contributed by atoms with Crippen LogP contribution in [0.3, 0.4) is 0 Å². The lowest BCUT2D eigenvalue weighted by Crippen LogP contribution is -2.22. The van der Waals surface area contributed by atoms with Crippen LogP contribution in [0, 0.1) is 0 Å². The number of rotatable bonds is 6. The van der Waals surface area contributed by atoms with Gasteiger partial charge in [0, 0.05) is 35.0 Å². The first-order chi connectivity index (χ1) is 14.8. The van der Waals surface area contributed by atoms with Crippen molar-refractivity contribution < 1.29 is 14.3 Å². The quantitative estimate of drug-likeness (QED) is 0.500. The number of Topliss-reactive ketones (excluding diaryl/α,β-unsaturated/α-hetero) is 1. The molecule has 5 rings (SSSR count). The summed E-state index contributed by atoms with van der Waals surface area (Å²) < 4.78 is 13.4. The average Bonchev–Trinajstić information content (AvgIpc) is 3.27. The molecule has 31 heavy (non-hydrogen) atoms. The molecule has 0 bridgehead atoms. The Morgan fingerprint density at radius 2 is 1.81 bits per heavy atom. The Bertz CT molecular complexity index is 1160. The van der Waals surface area contributed by atoms with E-state index in [0.29, 0.717) is 12.2 Å². The van der Waals surface area contributed by atoms with Crippen LogP contribution in [0.5, 0.6) is 11.5 Å². The van der Waals surface area contributed by atoms with Crippen molar-refractivity contribution in [2.24, 2.45) is 0 Å². The zero-order chi connectivity index (χ0) is 21.8. The summed E-state index contributed by atoms with van der Waals surface area (Å²) in [5, 5.41) is 1.23. The highest BCUT2D eigenvalue weighted by Crippen LogP contribution is 2.51. The van der Waals surface area contributed by atoms with Gasteiger partial charge in [0.2, 0.25) is 6.79 Å². The van der Waals surface area contributed by atoms with Gasteiger partial charge in [0.1, 0.15) is 5.78 Å². The molecule has 1 aliphatic heterocycles. The van der Waals surface area contributed by atoms with Gasteiger partial charge in [-0.25, -0.2) is 0 Å². The summed E-state index contributed by atoms with van der Waals surface area (Å²) in [7, 11) is 0. The minimum absolute atomic E-state index is 0.0849. The summed E-state index contributed by atoms with van der Waals surface area (Å²) in [6, 6.07) is 14.8. The van der Waals surface area contributed by atoms with Crippen LogP contribution in [-0.4, -0.2) is 17.1 Å². The van der Waals surface area contributed by atoms with Gasteiger partial charge in [0.05, 0.1) is 5.41 Å². The van der Waals surface area contributed by atoms with Crippen molar-refractivity contribution in [2.45, 2.75) is 70.8 Å². The summed E-state index contributed by atoms with van der Waals surface area (Å²) >= 11 is 0. The van der Waals surface area contributed by atoms with Crippen molar-refractivity contribution in [3.8, 4) is 11.5 Å². The molecule has 0 unspecified atom stereocenters. The molecule has 2 heterocycles. The number of benzene rings is 2. The molecule has 4 heteroatoms. The van der Waals surface area contributed by atoms with Gasteiger partial charge in [-0.2, -0.15) is 0 Å². The lowest BCUT2D eigenvalue weighted by molar-refractivity contribution is -0.120. The third-order valence-electron chi connectivity index (χ3n) is 6.75. The van der Waals surface area contributed by atoms with Crippen LogP contribution < -0.4 is 9.47 Å². The maximum Gasteiger partial charge on any atom is 0.231 e. The van der Waals surface area contributed by atoms with E-state index in [1.807, 2.05) is 18.2 Å². The SMILES string of the molecule is CCCn1c(C(C)(C)C)cc2cc(CC(=O)C3(c4ccc5c(c4)OCO5)CC3)ccc21. The molecule has 1 aromatic heterocycles. The van der Waals surface area contributed by atoms with Crippen LogP contribution in [-0.2, 0) is 28.6 Å². The Morgan fingerprint density at radius 1 is 1.03 bits per heavy atom. The van der Waals surface area contributed by atoms with Gasteiger partial charge in [0.15, 0.2) is 11.5 Å². The molecular weight excluding hydrogens is 386 g/mol. The second kappa shape index (κ2) is 7.15. The number of hydrogen-bond donors (Lipinski definition) is 0. The number of carbonyl (C=O) groups excluding carboxylic acids is 1. The maximum atomic E-state index is 13.4. The first-order valence-electron chi connectivity index (χ1n) is 11.4. The van der Waals surface area contributed by atoms with Gasteiger partial charge in [-0.15, -0.1) is 0 Å². The molecule has 2 aromatic carbocycles. The number of aryl methyl sites for hydroxylation is 1. The van der Waals surface area contributed by atoms with Crippen LogP contribution in [0.25, 0.3) is 10.9 Å². The monoisotopic (exact) mass is 417 g/mol. The summed E-state index contributed by atoms with van der Waals surface area (Å²) in [5.74, 6) is 1.82. The van der Waals surface area contributed by atoms with Crippen molar-refractivity contribution in [3.05, 3.63) is 59.3 Å². The van der Waals surface area contributed by atoms with E-state index in [1.54, 1.807) is 0 Å². The molecule has 3 aromatic rings. The minimum atomic E-state index is -0.360. The minimum Gasteiger partial charge on any atom is -0.454 e. The van der Waals surface area contributed by atoms with E-state index in [2.05, 4.69) is 56.5 Å². The zero-order valence-electron chi connectivity index (χ0n) is 19.0.